The minimum atomic E-state index is -4.09. The van der Waals surface area contributed by atoms with E-state index in [4.69, 9.17) is 4.74 Å². The van der Waals surface area contributed by atoms with Crippen molar-refractivity contribution in [2.45, 2.75) is 18.7 Å². The van der Waals surface area contributed by atoms with Gasteiger partial charge in [-0.3, -0.25) is 9.52 Å². The Hall–Kier alpha value is -3.14. The molecule has 2 aromatic rings. The quantitative estimate of drug-likeness (QED) is 0.564. The lowest BCUT2D eigenvalue weighted by molar-refractivity contribution is 0.0951. The number of carbonyl (C=O) groups excluding carboxylic acids is 2. The summed E-state index contributed by atoms with van der Waals surface area (Å²) < 4.78 is 45.8. The molecule has 10 heteroatoms. The Kier molecular flexibility index (Phi) is 7.54. The van der Waals surface area contributed by atoms with E-state index in [1.165, 1.54) is 36.4 Å². The minimum absolute atomic E-state index is 0.127. The number of anilines is 1. The molecular formula is C19H22FN3O5S. The predicted molar refractivity (Wildman–Crippen MR) is 106 cm³/mol. The normalized spacial score (nSPS) is 10.9. The van der Waals surface area contributed by atoms with Gasteiger partial charge in [-0.05, 0) is 43.7 Å². The molecule has 0 bridgehead atoms. The number of hydrogen-bond acceptors (Lipinski definition) is 5. The van der Waals surface area contributed by atoms with Gasteiger partial charge in [-0.15, -0.1) is 0 Å². The van der Waals surface area contributed by atoms with Crippen molar-refractivity contribution in [2.24, 2.45) is 0 Å². The van der Waals surface area contributed by atoms with E-state index in [0.717, 1.165) is 6.07 Å². The Morgan fingerprint density at radius 2 is 1.76 bits per heavy atom. The zero-order valence-electron chi connectivity index (χ0n) is 16.0. The summed E-state index contributed by atoms with van der Waals surface area (Å²) in [5.41, 5.74) is 0.521. The van der Waals surface area contributed by atoms with Gasteiger partial charge in [0.2, 0.25) is 0 Å². The zero-order valence-corrected chi connectivity index (χ0v) is 16.8. The molecule has 0 aromatic heterocycles. The molecule has 0 saturated heterocycles. The maximum absolute atomic E-state index is 13.8. The average molecular weight is 423 g/mol. The van der Waals surface area contributed by atoms with Crippen LogP contribution >= 0.6 is 0 Å². The fraction of sp³-hybridized carbons (Fsp3) is 0.263. The molecule has 0 aliphatic rings. The smallest absolute Gasteiger partial charge is 0.407 e. The second-order valence-electron chi connectivity index (χ2n) is 5.97. The Labute approximate surface area is 168 Å². The number of para-hydroxylation sites is 1. The highest BCUT2D eigenvalue weighted by Gasteiger charge is 2.19. The number of aryl methyl sites for hydroxylation is 1. The van der Waals surface area contributed by atoms with Gasteiger partial charge in [0, 0.05) is 18.7 Å². The number of alkyl carbamates (subject to hydrolysis) is 1. The fourth-order valence-corrected chi connectivity index (χ4v) is 3.47. The van der Waals surface area contributed by atoms with Crippen molar-refractivity contribution in [1.82, 2.24) is 10.6 Å². The van der Waals surface area contributed by atoms with E-state index in [1.807, 2.05) is 0 Å². The third kappa shape index (κ3) is 6.18. The zero-order chi connectivity index (χ0) is 21.4. The molecule has 8 nitrogen and oxygen atoms in total. The maximum Gasteiger partial charge on any atom is 0.407 e. The van der Waals surface area contributed by atoms with Crippen LogP contribution in [0.3, 0.4) is 0 Å². The van der Waals surface area contributed by atoms with Crippen molar-refractivity contribution in [1.29, 1.82) is 0 Å². The molecule has 0 atom stereocenters. The Morgan fingerprint density at radius 1 is 1.07 bits per heavy atom. The number of carbonyl (C=O) groups is 2. The lowest BCUT2D eigenvalue weighted by Gasteiger charge is -2.12. The molecule has 0 aliphatic carbocycles. The largest absolute Gasteiger partial charge is 0.450 e. The van der Waals surface area contributed by atoms with Crippen LogP contribution in [0, 0.1) is 12.7 Å². The molecular weight excluding hydrogens is 401 g/mol. The van der Waals surface area contributed by atoms with Crippen LogP contribution in [-0.4, -0.2) is 40.1 Å². The Balaban J connectivity index is 2.09. The highest BCUT2D eigenvalue weighted by Crippen LogP contribution is 2.21. The van der Waals surface area contributed by atoms with Crippen molar-refractivity contribution < 1.29 is 27.1 Å². The summed E-state index contributed by atoms with van der Waals surface area (Å²) >= 11 is 0. The van der Waals surface area contributed by atoms with Gasteiger partial charge in [-0.2, -0.15) is 0 Å². The SMILES string of the molecule is CCOC(=O)NCCNC(=O)c1cc(S(=O)(=O)Nc2ccccc2F)ccc1C. The molecule has 0 saturated carbocycles. The van der Waals surface area contributed by atoms with Crippen LogP contribution in [0.5, 0.6) is 0 Å². The van der Waals surface area contributed by atoms with Gasteiger partial charge in [0.25, 0.3) is 15.9 Å². The molecule has 2 amide bonds. The first kappa shape index (κ1) is 22.2. The number of sulfonamides is 1. The summed E-state index contributed by atoms with van der Waals surface area (Å²) in [6.45, 7) is 3.84. The first-order valence-electron chi connectivity index (χ1n) is 8.81. The number of halogens is 1. The molecule has 0 aliphatic heterocycles. The third-order valence-corrected chi connectivity index (χ3v) is 5.20. The van der Waals surface area contributed by atoms with Crippen LogP contribution in [0.4, 0.5) is 14.9 Å². The highest BCUT2D eigenvalue weighted by molar-refractivity contribution is 7.92. The van der Waals surface area contributed by atoms with Crippen LogP contribution in [0.25, 0.3) is 0 Å². The van der Waals surface area contributed by atoms with Crippen molar-refractivity contribution >= 4 is 27.7 Å². The number of rotatable bonds is 8. The van der Waals surface area contributed by atoms with Crippen LogP contribution in [0.15, 0.2) is 47.4 Å². The van der Waals surface area contributed by atoms with Crippen molar-refractivity contribution in [3.05, 3.63) is 59.4 Å². The number of ether oxygens (including phenoxy) is 1. The monoisotopic (exact) mass is 423 g/mol. The number of benzene rings is 2. The van der Waals surface area contributed by atoms with Gasteiger partial charge >= 0.3 is 6.09 Å². The number of amides is 2. The van der Waals surface area contributed by atoms with Gasteiger partial charge < -0.3 is 15.4 Å². The predicted octanol–water partition coefficient (Wildman–Crippen LogP) is 2.41. The molecule has 0 radical (unpaired) electrons. The average Bonchev–Trinajstić information content (AvgIpc) is 2.67. The molecule has 29 heavy (non-hydrogen) atoms. The fourth-order valence-electron chi connectivity index (χ4n) is 2.38. The number of nitrogens with one attached hydrogen (secondary N) is 3. The molecule has 0 heterocycles. The molecule has 3 N–H and O–H groups in total. The first-order chi connectivity index (χ1) is 13.7. The minimum Gasteiger partial charge on any atom is -0.450 e. The third-order valence-electron chi connectivity index (χ3n) is 3.84. The standard InChI is InChI=1S/C19H22FN3O5S/c1-3-28-19(25)22-11-10-21-18(24)15-12-14(9-8-13(15)2)29(26,27)23-17-7-5-4-6-16(17)20/h4-9,12,23H,3,10-11H2,1-2H3,(H,21,24)(H,22,25). The number of hydrogen-bond donors (Lipinski definition) is 3. The van der Waals surface area contributed by atoms with E-state index in [1.54, 1.807) is 13.8 Å². The first-order valence-corrected chi connectivity index (χ1v) is 10.3. The van der Waals surface area contributed by atoms with Gasteiger partial charge in [0.05, 0.1) is 17.2 Å². The second-order valence-corrected chi connectivity index (χ2v) is 7.65. The van der Waals surface area contributed by atoms with Crippen LogP contribution in [0.2, 0.25) is 0 Å². The molecule has 2 rings (SSSR count). The van der Waals surface area contributed by atoms with E-state index in [0.29, 0.717) is 5.56 Å². The van der Waals surface area contributed by atoms with E-state index in [-0.39, 0.29) is 35.8 Å². The lowest BCUT2D eigenvalue weighted by atomic mass is 10.1. The van der Waals surface area contributed by atoms with Crippen LogP contribution in [-0.2, 0) is 14.8 Å². The summed E-state index contributed by atoms with van der Waals surface area (Å²) in [4.78, 5) is 23.4. The van der Waals surface area contributed by atoms with E-state index >= 15 is 0 Å². The Morgan fingerprint density at radius 3 is 2.45 bits per heavy atom. The molecule has 0 fully saturated rings. The molecule has 0 unspecified atom stereocenters. The summed E-state index contributed by atoms with van der Waals surface area (Å²) in [6, 6.07) is 9.41. The van der Waals surface area contributed by atoms with E-state index in [9.17, 15) is 22.4 Å². The van der Waals surface area contributed by atoms with Crippen molar-refractivity contribution in [2.75, 3.05) is 24.4 Å². The highest BCUT2D eigenvalue weighted by atomic mass is 32.2. The topological polar surface area (TPSA) is 114 Å². The van der Waals surface area contributed by atoms with Crippen molar-refractivity contribution in [3.63, 3.8) is 0 Å². The van der Waals surface area contributed by atoms with Gasteiger partial charge in [-0.25, -0.2) is 17.6 Å². The summed E-state index contributed by atoms with van der Waals surface area (Å²) in [6.07, 6.45) is -0.592. The van der Waals surface area contributed by atoms with E-state index < -0.39 is 27.8 Å². The van der Waals surface area contributed by atoms with Gasteiger partial charge in [0.15, 0.2) is 0 Å². The summed E-state index contributed by atoms with van der Waals surface area (Å²) in [5, 5.41) is 5.05. The molecule has 2 aromatic carbocycles. The lowest BCUT2D eigenvalue weighted by Crippen LogP contribution is -2.35. The van der Waals surface area contributed by atoms with Gasteiger partial charge in [-0.1, -0.05) is 18.2 Å². The summed E-state index contributed by atoms with van der Waals surface area (Å²) in [7, 11) is -4.09. The van der Waals surface area contributed by atoms with Crippen molar-refractivity contribution in [3.8, 4) is 0 Å². The summed E-state index contributed by atoms with van der Waals surface area (Å²) in [5.74, 6) is -1.22. The molecule has 156 valence electrons. The van der Waals surface area contributed by atoms with Crippen LogP contribution < -0.4 is 15.4 Å². The second kappa shape index (κ2) is 9.87. The Bertz CT molecular complexity index is 995. The van der Waals surface area contributed by atoms with Crippen LogP contribution in [0.1, 0.15) is 22.8 Å². The van der Waals surface area contributed by atoms with E-state index in [2.05, 4.69) is 15.4 Å². The maximum atomic E-state index is 13.8. The molecule has 0 spiro atoms. The van der Waals surface area contributed by atoms with Gasteiger partial charge in [0.1, 0.15) is 5.82 Å².